The highest BCUT2D eigenvalue weighted by atomic mass is 16.5. The van der Waals surface area contributed by atoms with E-state index in [-0.39, 0.29) is 0 Å². The summed E-state index contributed by atoms with van der Waals surface area (Å²) in [5, 5.41) is 4.48. The van der Waals surface area contributed by atoms with Gasteiger partial charge >= 0.3 is 0 Å². The van der Waals surface area contributed by atoms with Crippen LogP contribution in [0.1, 0.15) is 11.3 Å². The summed E-state index contributed by atoms with van der Waals surface area (Å²) in [5.41, 5.74) is 10.5. The van der Waals surface area contributed by atoms with Crippen LogP contribution >= 0.6 is 0 Å². The normalized spacial score (nSPS) is 10.8. The van der Waals surface area contributed by atoms with Crippen molar-refractivity contribution in [3.05, 3.63) is 35.5 Å². The Morgan fingerprint density at radius 1 is 1.33 bits per heavy atom. The average Bonchev–Trinajstić information content (AvgIpc) is 2.64. The van der Waals surface area contributed by atoms with Gasteiger partial charge in [-0.1, -0.05) is 24.3 Å². The van der Waals surface area contributed by atoms with E-state index in [2.05, 4.69) is 24.2 Å². The molecule has 96 valence electrons. The Morgan fingerprint density at radius 2 is 2.06 bits per heavy atom. The SMILES string of the molecule is COCCc1nn(C)c(N)c1-c1ccccc1C. The maximum atomic E-state index is 6.14. The number of nitrogens with zero attached hydrogens (tertiary/aromatic N) is 2. The lowest BCUT2D eigenvalue weighted by Gasteiger charge is -2.07. The average molecular weight is 245 g/mol. The summed E-state index contributed by atoms with van der Waals surface area (Å²) in [5.74, 6) is 0.704. The Kier molecular flexibility index (Phi) is 3.67. The summed E-state index contributed by atoms with van der Waals surface area (Å²) in [7, 11) is 3.56. The van der Waals surface area contributed by atoms with Crippen LogP contribution in [0.2, 0.25) is 0 Å². The lowest BCUT2D eigenvalue weighted by atomic mass is 9.99. The van der Waals surface area contributed by atoms with Crippen molar-refractivity contribution in [2.45, 2.75) is 13.3 Å². The number of hydrogen-bond acceptors (Lipinski definition) is 3. The maximum Gasteiger partial charge on any atom is 0.129 e. The van der Waals surface area contributed by atoms with Gasteiger partial charge in [-0.15, -0.1) is 0 Å². The summed E-state index contributed by atoms with van der Waals surface area (Å²) in [6.07, 6.45) is 0.769. The van der Waals surface area contributed by atoms with Gasteiger partial charge in [0.05, 0.1) is 12.3 Å². The number of aryl methyl sites for hydroxylation is 2. The molecule has 1 aromatic carbocycles. The number of ether oxygens (including phenoxy) is 1. The van der Waals surface area contributed by atoms with Gasteiger partial charge < -0.3 is 10.5 Å². The lowest BCUT2D eigenvalue weighted by molar-refractivity contribution is 0.201. The van der Waals surface area contributed by atoms with Crippen LogP contribution in [0.5, 0.6) is 0 Å². The molecule has 4 nitrogen and oxygen atoms in total. The zero-order valence-electron chi connectivity index (χ0n) is 11.1. The standard InChI is InChI=1S/C14H19N3O/c1-10-6-4-5-7-11(10)13-12(8-9-18-3)16-17(2)14(13)15/h4-7H,8-9,15H2,1-3H3. The van der Waals surface area contributed by atoms with Crippen LogP contribution in [0.15, 0.2) is 24.3 Å². The Hall–Kier alpha value is -1.81. The molecule has 4 heteroatoms. The molecule has 0 atom stereocenters. The molecule has 0 saturated heterocycles. The zero-order valence-corrected chi connectivity index (χ0v) is 11.1. The van der Waals surface area contributed by atoms with Crippen LogP contribution in [-0.4, -0.2) is 23.5 Å². The molecule has 0 bridgehead atoms. The maximum absolute atomic E-state index is 6.14. The van der Waals surface area contributed by atoms with Crippen LogP contribution < -0.4 is 5.73 Å². The van der Waals surface area contributed by atoms with E-state index >= 15 is 0 Å². The van der Waals surface area contributed by atoms with Crippen molar-refractivity contribution >= 4 is 5.82 Å². The number of nitrogens with two attached hydrogens (primary N) is 1. The molecule has 1 heterocycles. The van der Waals surface area contributed by atoms with Crippen LogP contribution in [0.3, 0.4) is 0 Å². The minimum absolute atomic E-state index is 0.648. The third-order valence-electron chi connectivity index (χ3n) is 3.12. The summed E-state index contributed by atoms with van der Waals surface area (Å²) in [6.45, 7) is 2.73. The molecule has 2 rings (SSSR count). The molecule has 2 aromatic rings. The molecule has 0 radical (unpaired) electrons. The monoisotopic (exact) mass is 245 g/mol. The highest BCUT2D eigenvalue weighted by molar-refractivity contribution is 5.78. The van der Waals surface area contributed by atoms with Gasteiger partial charge in [-0.25, -0.2) is 0 Å². The number of hydrogen-bond donors (Lipinski definition) is 1. The van der Waals surface area contributed by atoms with Gasteiger partial charge in [0.2, 0.25) is 0 Å². The van der Waals surface area contributed by atoms with Gasteiger partial charge in [0.25, 0.3) is 0 Å². The predicted molar refractivity (Wildman–Crippen MR) is 73.4 cm³/mol. The summed E-state index contributed by atoms with van der Waals surface area (Å²) >= 11 is 0. The zero-order chi connectivity index (χ0) is 13.1. The number of nitrogen functional groups attached to an aromatic ring is 1. The second-order valence-electron chi connectivity index (χ2n) is 4.39. The molecule has 0 unspecified atom stereocenters. The summed E-state index contributed by atoms with van der Waals surface area (Å²) in [6, 6.07) is 8.22. The van der Waals surface area contributed by atoms with E-state index in [1.54, 1.807) is 11.8 Å². The number of rotatable bonds is 4. The topological polar surface area (TPSA) is 53.1 Å². The third-order valence-corrected chi connectivity index (χ3v) is 3.12. The highest BCUT2D eigenvalue weighted by Crippen LogP contribution is 2.31. The number of methoxy groups -OCH3 is 1. The number of benzene rings is 1. The molecule has 0 fully saturated rings. The summed E-state index contributed by atoms with van der Waals surface area (Å²) < 4.78 is 6.85. The van der Waals surface area contributed by atoms with Crippen molar-refractivity contribution < 1.29 is 4.74 Å². The molecule has 0 aliphatic heterocycles. The smallest absolute Gasteiger partial charge is 0.129 e. The molecular weight excluding hydrogens is 226 g/mol. The van der Waals surface area contributed by atoms with Crippen molar-refractivity contribution in [3.63, 3.8) is 0 Å². The second-order valence-corrected chi connectivity index (χ2v) is 4.39. The van der Waals surface area contributed by atoms with Crippen molar-refractivity contribution in [3.8, 4) is 11.1 Å². The summed E-state index contributed by atoms with van der Waals surface area (Å²) in [4.78, 5) is 0. The molecule has 0 saturated carbocycles. The van der Waals surface area contributed by atoms with Gasteiger partial charge in [0, 0.05) is 26.1 Å². The molecular formula is C14H19N3O. The molecule has 0 amide bonds. The Balaban J connectivity index is 2.52. The van der Waals surface area contributed by atoms with Gasteiger partial charge in [0.15, 0.2) is 0 Å². The molecule has 2 N–H and O–H groups in total. The minimum Gasteiger partial charge on any atom is -0.384 e. The Morgan fingerprint density at radius 3 is 2.72 bits per heavy atom. The highest BCUT2D eigenvalue weighted by Gasteiger charge is 2.16. The Bertz CT molecular complexity index is 546. The minimum atomic E-state index is 0.648. The second kappa shape index (κ2) is 5.23. The van der Waals surface area contributed by atoms with E-state index in [0.717, 1.165) is 23.2 Å². The number of aromatic nitrogens is 2. The first-order valence-corrected chi connectivity index (χ1v) is 6.01. The van der Waals surface area contributed by atoms with Crippen molar-refractivity contribution in [1.82, 2.24) is 9.78 Å². The third kappa shape index (κ3) is 2.24. The van der Waals surface area contributed by atoms with Crippen molar-refractivity contribution in [1.29, 1.82) is 0 Å². The quantitative estimate of drug-likeness (QED) is 0.898. The van der Waals surface area contributed by atoms with Crippen LogP contribution in [0.25, 0.3) is 11.1 Å². The molecule has 1 aromatic heterocycles. The van der Waals surface area contributed by atoms with Gasteiger partial charge in [0.1, 0.15) is 5.82 Å². The fourth-order valence-corrected chi connectivity index (χ4v) is 2.12. The van der Waals surface area contributed by atoms with E-state index in [0.29, 0.717) is 12.4 Å². The first-order valence-electron chi connectivity index (χ1n) is 6.01. The fourth-order valence-electron chi connectivity index (χ4n) is 2.12. The van der Waals surface area contributed by atoms with Crippen LogP contribution in [0.4, 0.5) is 5.82 Å². The predicted octanol–water partition coefficient (Wildman–Crippen LogP) is 2.17. The molecule has 0 spiro atoms. The molecule has 0 aliphatic carbocycles. The van der Waals surface area contributed by atoms with E-state index in [4.69, 9.17) is 10.5 Å². The largest absolute Gasteiger partial charge is 0.384 e. The van der Waals surface area contributed by atoms with Crippen molar-refractivity contribution in [2.24, 2.45) is 7.05 Å². The van der Waals surface area contributed by atoms with E-state index < -0.39 is 0 Å². The molecule has 18 heavy (non-hydrogen) atoms. The number of anilines is 1. The molecule has 0 aliphatic rings. The first-order chi connectivity index (χ1) is 8.65. The van der Waals surface area contributed by atoms with Gasteiger partial charge in [-0.3, -0.25) is 4.68 Å². The van der Waals surface area contributed by atoms with E-state index in [1.807, 2.05) is 19.2 Å². The van der Waals surface area contributed by atoms with E-state index in [1.165, 1.54) is 5.56 Å². The Labute approximate surface area is 107 Å². The first kappa shape index (κ1) is 12.6. The van der Waals surface area contributed by atoms with Crippen molar-refractivity contribution in [2.75, 3.05) is 19.5 Å². The van der Waals surface area contributed by atoms with E-state index in [9.17, 15) is 0 Å². The van der Waals surface area contributed by atoms with Gasteiger partial charge in [-0.2, -0.15) is 5.10 Å². The fraction of sp³-hybridized carbons (Fsp3) is 0.357. The van der Waals surface area contributed by atoms with Gasteiger partial charge in [-0.05, 0) is 18.1 Å². The van der Waals surface area contributed by atoms with Crippen LogP contribution in [0, 0.1) is 6.92 Å². The van der Waals surface area contributed by atoms with Crippen LogP contribution in [-0.2, 0) is 18.2 Å². The lowest BCUT2D eigenvalue weighted by Crippen LogP contribution is -1.98.